The van der Waals surface area contributed by atoms with Crippen LogP contribution in [-0.4, -0.2) is 27.6 Å². The van der Waals surface area contributed by atoms with Crippen molar-refractivity contribution in [3.63, 3.8) is 0 Å². The number of nitrogens with zero attached hydrogens (tertiary/aromatic N) is 3. The van der Waals surface area contributed by atoms with Crippen molar-refractivity contribution in [2.24, 2.45) is 7.05 Å². The maximum atomic E-state index is 13.4. The number of carbonyl (C=O) groups is 1. The second-order valence-corrected chi connectivity index (χ2v) is 6.83. The minimum atomic E-state index is -0.913. The van der Waals surface area contributed by atoms with Gasteiger partial charge in [0.25, 0.3) is 5.91 Å². The third-order valence-corrected chi connectivity index (χ3v) is 5.42. The van der Waals surface area contributed by atoms with E-state index in [-0.39, 0.29) is 11.9 Å². The zero-order valence-electron chi connectivity index (χ0n) is 13.8. The van der Waals surface area contributed by atoms with E-state index in [2.05, 4.69) is 5.10 Å². The van der Waals surface area contributed by atoms with E-state index in [1.807, 2.05) is 20.0 Å². The zero-order valence-corrected chi connectivity index (χ0v) is 14.6. The second kappa shape index (κ2) is 5.98. The van der Waals surface area contributed by atoms with E-state index in [9.17, 15) is 13.6 Å². The van der Waals surface area contributed by atoms with E-state index in [0.717, 1.165) is 28.0 Å². The predicted octanol–water partition coefficient (Wildman–Crippen LogP) is 4.05. The lowest BCUT2D eigenvalue weighted by Gasteiger charge is -2.25. The van der Waals surface area contributed by atoms with E-state index in [1.54, 1.807) is 18.7 Å². The molecule has 4 nitrogen and oxygen atoms in total. The lowest BCUT2D eigenvalue weighted by Crippen LogP contribution is -2.29. The van der Waals surface area contributed by atoms with Gasteiger partial charge in [-0.25, -0.2) is 8.78 Å². The monoisotopic (exact) mass is 349 g/mol. The van der Waals surface area contributed by atoms with Crippen molar-refractivity contribution < 1.29 is 13.6 Å². The van der Waals surface area contributed by atoms with Gasteiger partial charge in [0, 0.05) is 19.5 Å². The van der Waals surface area contributed by atoms with E-state index in [4.69, 9.17) is 0 Å². The number of rotatable bonds is 3. The third kappa shape index (κ3) is 2.69. The highest BCUT2D eigenvalue weighted by molar-refractivity contribution is 7.20. The van der Waals surface area contributed by atoms with Gasteiger partial charge in [0.15, 0.2) is 11.6 Å². The SMILES string of the molecule is Cc1nn(C)c2sc(C(=O)N(C)C(C)c3ccc(F)c(F)c3)cc12. The average Bonchev–Trinajstić information content (AvgIpc) is 3.10. The molecule has 24 heavy (non-hydrogen) atoms. The van der Waals surface area contributed by atoms with E-state index in [0.29, 0.717) is 10.4 Å². The highest BCUT2D eigenvalue weighted by Gasteiger charge is 2.23. The minimum Gasteiger partial charge on any atom is -0.334 e. The number of thiophene rings is 1. The fourth-order valence-electron chi connectivity index (χ4n) is 2.66. The molecule has 0 spiro atoms. The molecule has 3 aromatic rings. The van der Waals surface area contributed by atoms with Crippen molar-refractivity contribution in [2.45, 2.75) is 19.9 Å². The van der Waals surface area contributed by atoms with Gasteiger partial charge in [-0.05, 0) is 37.6 Å². The van der Waals surface area contributed by atoms with Gasteiger partial charge < -0.3 is 4.90 Å². The first-order valence-electron chi connectivity index (χ1n) is 7.45. The zero-order chi connectivity index (χ0) is 17.6. The highest BCUT2D eigenvalue weighted by Crippen LogP contribution is 2.30. The molecule has 1 aromatic carbocycles. The largest absolute Gasteiger partial charge is 0.334 e. The van der Waals surface area contributed by atoms with Crippen LogP contribution in [0.4, 0.5) is 8.78 Å². The van der Waals surface area contributed by atoms with E-state index < -0.39 is 11.6 Å². The molecule has 0 radical (unpaired) electrons. The summed E-state index contributed by atoms with van der Waals surface area (Å²) in [7, 11) is 3.50. The number of hydrogen-bond acceptors (Lipinski definition) is 3. The first-order valence-corrected chi connectivity index (χ1v) is 8.26. The number of amides is 1. The van der Waals surface area contributed by atoms with Gasteiger partial charge in [0.1, 0.15) is 4.83 Å². The van der Waals surface area contributed by atoms with Crippen molar-refractivity contribution >= 4 is 27.5 Å². The molecular formula is C17H17F2N3OS. The predicted molar refractivity (Wildman–Crippen MR) is 90.2 cm³/mol. The number of halogens is 2. The number of aryl methyl sites for hydroxylation is 2. The minimum absolute atomic E-state index is 0.159. The molecule has 7 heteroatoms. The molecule has 0 fully saturated rings. The number of fused-ring (bicyclic) bond motifs is 1. The van der Waals surface area contributed by atoms with Crippen molar-refractivity contribution in [1.82, 2.24) is 14.7 Å². The van der Waals surface area contributed by atoms with Crippen LogP contribution in [0.1, 0.15) is 33.9 Å². The Kier molecular flexibility index (Phi) is 4.13. The Balaban J connectivity index is 1.89. The molecule has 0 aliphatic heterocycles. The summed E-state index contributed by atoms with van der Waals surface area (Å²) in [6.45, 7) is 3.68. The summed E-state index contributed by atoms with van der Waals surface area (Å²) in [4.78, 5) is 15.8. The number of carbonyl (C=O) groups excluding carboxylic acids is 1. The smallest absolute Gasteiger partial charge is 0.264 e. The molecule has 0 saturated carbocycles. The standard InChI is InChI=1S/C17H17F2N3OS/c1-9-12-8-15(24-17(12)22(4)20-9)16(23)21(3)10(2)11-5-6-13(18)14(19)7-11/h5-8,10H,1-4H3. The molecule has 1 atom stereocenters. The van der Waals surface area contributed by atoms with Gasteiger partial charge in [-0.3, -0.25) is 9.48 Å². The van der Waals surface area contributed by atoms with Crippen molar-refractivity contribution in [2.75, 3.05) is 7.05 Å². The summed E-state index contributed by atoms with van der Waals surface area (Å²) < 4.78 is 28.3. The fraction of sp³-hybridized carbons (Fsp3) is 0.294. The molecular weight excluding hydrogens is 332 g/mol. The van der Waals surface area contributed by atoms with Crippen molar-refractivity contribution in [1.29, 1.82) is 0 Å². The summed E-state index contributed by atoms with van der Waals surface area (Å²) in [5.41, 5.74) is 1.42. The van der Waals surface area contributed by atoms with Gasteiger partial charge in [-0.2, -0.15) is 5.10 Å². The Hall–Kier alpha value is -2.28. The van der Waals surface area contributed by atoms with E-state index in [1.165, 1.54) is 22.3 Å². The van der Waals surface area contributed by atoms with Crippen LogP contribution in [0, 0.1) is 18.6 Å². The first kappa shape index (κ1) is 16.6. The van der Waals surface area contributed by atoms with Gasteiger partial charge in [-0.15, -0.1) is 11.3 Å². The van der Waals surface area contributed by atoms with Crippen LogP contribution < -0.4 is 0 Å². The highest BCUT2D eigenvalue weighted by atomic mass is 32.1. The Bertz CT molecular complexity index is 897. The summed E-state index contributed by atoms with van der Waals surface area (Å²) in [6.07, 6.45) is 0. The van der Waals surface area contributed by atoms with Gasteiger partial charge in [-0.1, -0.05) is 6.07 Å². The maximum absolute atomic E-state index is 13.4. The molecule has 0 saturated heterocycles. The molecule has 1 amide bonds. The first-order chi connectivity index (χ1) is 11.3. The topological polar surface area (TPSA) is 38.1 Å². The van der Waals surface area contributed by atoms with Crippen LogP contribution in [0.5, 0.6) is 0 Å². The number of aromatic nitrogens is 2. The van der Waals surface area contributed by atoms with Gasteiger partial charge in [0.05, 0.1) is 16.6 Å². The number of hydrogen-bond donors (Lipinski definition) is 0. The third-order valence-electron chi connectivity index (χ3n) is 4.23. The van der Waals surface area contributed by atoms with Crippen molar-refractivity contribution in [3.05, 3.63) is 52.0 Å². The molecule has 0 N–H and O–H groups in total. The summed E-state index contributed by atoms with van der Waals surface area (Å²) in [5.74, 6) is -1.97. The molecule has 0 bridgehead atoms. The number of benzene rings is 1. The lowest BCUT2D eigenvalue weighted by atomic mass is 10.1. The molecule has 126 valence electrons. The van der Waals surface area contributed by atoms with Crippen LogP contribution in [0.3, 0.4) is 0 Å². The van der Waals surface area contributed by atoms with Crippen LogP contribution >= 0.6 is 11.3 Å². The van der Waals surface area contributed by atoms with Crippen molar-refractivity contribution in [3.8, 4) is 0 Å². The molecule has 2 aromatic heterocycles. The lowest BCUT2D eigenvalue weighted by molar-refractivity contribution is 0.0747. The molecule has 0 aliphatic rings. The van der Waals surface area contributed by atoms with Crippen LogP contribution in [0.15, 0.2) is 24.3 Å². The normalized spacial score (nSPS) is 12.6. The summed E-state index contributed by atoms with van der Waals surface area (Å²) in [5, 5.41) is 5.28. The van der Waals surface area contributed by atoms with Crippen LogP contribution in [0.2, 0.25) is 0 Å². The van der Waals surface area contributed by atoms with Gasteiger partial charge >= 0.3 is 0 Å². The summed E-state index contributed by atoms with van der Waals surface area (Å²) >= 11 is 1.37. The van der Waals surface area contributed by atoms with Gasteiger partial charge in [0.2, 0.25) is 0 Å². The molecule has 0 aliphatic carbocycles. The Morgan fingerprint density at radius 2 is 2.00 bits per heavy atom. The fourth-order valence-corrected chi connectivity index (χ4v) is 3.76. The average molecular weight is 349 g/mol. The summed E-state index contributed by atoms with van der Waals surface area (Å²) in [6, 6.07) is 5.15. The Morgan fingerprint density at radius 3 is 2.62 bits per heavy atom. The second-order valence-electron chi connectivity index (χ2n) is 5.80. The quantitative estimate of drug-likeness (QED) is 0.715. The molecule has 3 rings (SSSR count). The Labute approximate surface area is 142 Å². The van der Waals surface area contributed by atoms with E-state index >= 15 is 0 Å². The van der Waals surface area contributed by atoms with Crippen LogP contribution in [-0.2, 0) is 7.05 Å². The maximum Gasteiger partial charge on any atom is 0.264 e. The van der Waals surface area contributed by atoms with Crippen LogP contribution in [0.25, 0.3) is 10.2 Å². The Morgan fingerprint density at radius 1 is 1.29 bits per heavy atom. The molecule has 2 heterocycles. The molecule has 1 unspecified atom stereocenters.